The maximum absolute atomic E-state index is 11.0. The molecule has 0 radical (unpaired) electrons. The molecule has 2 heterocycles. The third-order valence-corrected chi connectivity index (χ3v) is 3.13. The lowest BCUT2D eigenvalue weighted by molar-refractivity contribution is 0.0995. The van der Waals surface area contributed by atoms with Crippen molar-refractivity contribution in [1.82, 2.24) is 14.8 Å². The quantitative estimate of drug-likeness (QED) is 0.794. The van der Waals surface area contributed by atoms with Crippen LogP contribution in [-0.2, 0) is 6.54 Å². The second-order valence-corrected chi connectivity index (χ2v) is 4.68. The zero-order chi connectivity index (χ0) is 14.7. The van der Waals surface area contributed by atoms with E-state index in [0.29, 0.717) is 6.54 Å². The average Bonchev–Trinajstić information content (AvgIpc) is 2.97. The summed E-state index contributed by atoms with van der Waals surface area (Å²) in [7, 11) is 0. The molecule has 2 N–H and O–H groups in total. The summed E-state index contributed by atoms with van der Waals surface area (Å²) in [5.41, 5.74) is 8.53. The van der Waals surface area contributed by atoms with Crippen molar-refractivity contribution in [1.29, 1.82) is 0 Å². The first-order valence-corrected chi connectivity index (χ1v) is 6.56. The molecule has 0 spiro atoms. The SMILES string of the molecule is NC(=O)c1ccn(Cc2cccc(-c3ccccn3)c2)n1. The number of pyridine rings is 1. The fourth-order valence-corrected chi connectivity index (χ4v) is 2.13. The number of benzene rings is 1. The van der Waals surface area contributed by atoms with E-state index in [4.69, 9.17) is 5.73 Å². The molecule has 3 rings (SSSR count). The topological polar surface area (TPSA) is 73.8 Å². The van der Waals surface area contributed by atoms with Crippen molar-refractivity contribution in [2.45, 2.75) is 6.54 Å². The molecule has 5 nitrogen and oxygen atoms in total. The number of nitrogens with two attached hydrogens (primary N) is 1. The average molecular weight is 278 g/mol. The Morgan fingerprint density at radius 2 is 2.05 bits per heavy atom. The lowest BCUT2D eigenvalue weighted by Crippen LogP contribution is -2.12. The minimum atomic E-state index is -0.518. The molecule has 0 unspecified atom stereocenters. The van der Waals surface area contributed by atoms with E-state index in [1.165, 1.54) is 0 Å². The van der Waals surface area contributed by atoms with Gasteiger partial charge in [0.15, 0.2) is 0 Å². The maximum atomic E-state index is 11.0. The fourth-order valence-electron chi connectivity index (χ4n) is 2.13. The van der Waals surface area contributed by atoms with Crippen LogP contribution in [0.5, 0.6) is 0 Å². The molecule has 0 aliphatic carbocycles. The largest absolute Gasteiger partial charge is 0.364 e. The molecule has 5 heteroatoms. The van der Waals surface area contributed by atoms with Gasteiger partial charge in [0.1, 0.15) is 5.69 Å². The van der Waals surface area contributed by atoms with E-state index in [9.17, 15) is 4.79 Å². The number of carbonyl (C=O) groups excluding carboxylic acids is 1. The van der Waals surface area contributed by atoms with Gasteiger partial charge in [-0.15, -0.1) is 0 Å². The third-order valence-electron chi connectivity index (χ3n) is 3.13. The third kappa shape index (κ3) is 2.97. The Labute approximate surface area is 122 Å². The number of primary amides is 1. The van der Waals surface area contributed by atoms with Crippen molar-refractivity contribution in [3.63, 3.8) is 0 Å². The van der Waals surface area contributed by atoms with E-state index in [-0.39, 0.29) is 5.69 Å². The zero-order valence-electron chi connectivity index (χ0n) is 11.3. The highest BCUT2D eigenvalue weighted by atomic mass is 16.1. The fraction of sp³-hybridized carbons (Fsp3) is 0.0625. The van der Waals surface area contributed by atoms with Gasteiger partial charge >= 0.3 is 0 Å². The number of aromatic nitrogens is 3. The van der Waals surface area contributed by atoms with Crippen molar-refractivity contribution in [3.8, 4) is 11.3 Å². The number of amides is 1. The van der Waals surface area contributed by atoms with Gasteiger partial charge in [-0.05, 0) is 29.8 Å². The standard InChI is InChI=1S/C16H14N4O/c17-16(21)15-7-9-20(19-15)11-12-4-3-5-13(10-12)14-6-1-2-8-18-14/h1-10H,11H2,(H2,17,21). The molecule has 104 valence electrons. The molecular formula is C16H14N4O. The summed E-state index contributed by atoms with van der Waals surface area (Å²) in [6, 6.07) is 15.5. The first-order chi connectivity index (χ1) is 10.2. The Hall–Kier alpha value is -2.95. The molecule has 1 amide bonds. The Balaban J connectivity index is 1.84. The maximum Gasteiger partial charge on any atom is 0.269 e. The van der Waals surface area contributed by atoms with Crippen LogP contribution in [-0.4, -0.2) is 20.7 Å². The van der Waals surface area contributed by atoms with Gasteiger partial charge in [-0.3, -0.25) is 14.5 Å². The van der Waals surface area contributed by atoms with Crippen LogP contribution in [0.1, 0.15) is 16.1 Å². The highest BCUT2D eigenvalue weighted by Crippen LogP contribution is 2.18. The molecular weight excluding hydrogens is 264 g/mol. The van der Waals surface area contributed by atoms with Crippen LogP contribution in [0.2, 0.25) is 0 Å². The molecule has 0 saturated carbocycles. The first kappa shape index (κ1) is 13.1. The summed E-state index contributed by atoms with van der Waals surface area (Å²) in [4.78, 5) is 15.4. The van der Waals surface area contributed by atoms with Crippen LogP contribution < -0.4 is 5.73 Å². The van der Waals surface area contributed by atoms with Crippen molar-refractivity contribution in [2.75, 3.05) is 0 Å². The molecule has 0 aliphatic heterocycles. The van der Waals surface area contributed by atoms with E-state index >= 15 is 0 Å². The number of hydrogen-bond acceptors (Lipinski definition) is 3. The molecule has 0 saturated heterocycles. The monoisotopic (exact) mass is 278 g/mol. The minimum absolute atomic E-state index is 0.274. The number of hydrogen-bond donors (Lipinski definition) is 1. The molecule has 21 heavy (non-hydrogen) atoms. The van der Waals surface area contributed by atoms with Gasteiger partial charge < -0.3 is 5.73 Å². The summed E-state index contributed by atoms with van der Waals surface area (Å²) in [6.45, 7) is 0.577. The molecule has 0 aliphatic rings. The molecule has 2 aromatic heterocycles. The molecule has 0 atom stereocenters. The van der Waals surface area contributed by atoms with Gasteiger partial charge in [0, 0.05) is 18.0 Å². The van der Waals surface area contributed by atoms with E-state index in [1.54, 1.807) is 23.1 Å². The Morgan fingerprint density at radius 3 is 2.76 bits per heavy atom. The molecule has 3 aromatic rings. The summed E-state index contributed by atoms with van der Waals surface area (Å²) in [5.74, 6) is -0.518. The Bertz CT molecular complexity index is 765. The van der Waals surface area contributed by atoms with Crippen molar-refractivity contribution in [2.24, 2.45) is 5.73 Å². The van der Waals surface area contributed by atoms with Crippen molar-refractivity contribution >= 4 is 5.91 Å². The second kappa shape index (κ2) is 5.58. The van der Waals surface area contributed by atoms with E-state index in [0.717, 1.165) is 16.8 Å². The number of rotatable bonds is 4. The van der Waals surface area contributed by atoms with Crippen LogP contribution >= 0.6 is 0 Å². The lowest BCUT2D eigenvalue weighted by Gasteiger charge is -2.05. The minimum Gasteiger partial charge on any atom is -0.364 e. The van der Waals surface area contributed by atoms with E-state index in [1.807, 2.05) is 36.4 Å². The van der Waals surface area contributed by atoms with Crippen LogP contribution in [0.25, 0.3) is 11.3 Å². The van der Waals surface area contributed by atoms with Gasteiger partial charge in [-0.2, -0.15) is 5.10 Å². The second-order valence-electron chi connectivity index (χ2n) is 4.68. The highest BCUT2D eigenvalue weighted by molar-refractivity contribution is 5.90. The van der Waals surface area contributed by atoms with Crippen molar-refractivity contribution < 1.29 is 4.79 Å². The normalized spacial score (nSPS) is 10.5. The van der Waals surface area contributed by atoms with Gasteiger partial charge in [0.2, 0.25) is 0 Å². The molecule has 0 bridgehead atoms. The molecule has 0 fully saturated rings. The number of nitrogens with zero attached hydrogens (tertiary/aromatic N) is 3. The smallest absolute Gasteiger partial charge is 0.269 e. The van der Waals surface area contributed by atoms with Crippen LogP contribution in [0.4, 0.5) is 0 Å². The summed E-state index contributed by atoms with van der Waals surface area (Å²) < 4.78 is 1.69. The van der Waals surface area contributed by atoms with Gasteiger partial charge in [0.05, 0.1) is 12.2 Å². The number of carbonyl (C=O) groups is 1. The van der Waals surface area contributed by atoms with Gasteiger partial charge in [0.25, 0.3) is 5.91 Å². The van der Waals surface area contributed by atoms with E-state index in [2.05, 4.69) is 16.1 Å². The lowest BCUT2D eigenvalue weighted by atomic mass is 10.1. The predicted octanol–water partition coefficient (Wildman–Crippen LogP) is 2.09. The van der Waals surface area contributed by atoms with Crippen molar-refractivity contribution in [3.05, 3.63) is 72.2 Å². The highest BCUT2D eigenvalue weighted by Gasteiger charge is 2.05. The van der Waals surface area contributed by atoms with E-state index < -0.39 is 5.91 Å². The summed E-state index contributed by atoms with van der Waals surface area (Å²) >= 11 is 0. The van der Waals surface area contributed by atoms with Crippen LogP contribution in [0.3, 0.4) is 0 Å². The first-order valence-electron chi connectivity index (χ1n) is 6.56. The zero-order valence-corrected chi connectivity index (χ0v) is 11.3. The Morgan fingerprint density at radius 1 is 1.14 bits per heavy atom. The summed E-state index contributed by atoms with van der Waals surface area (Å²) in [6.07, 6.45) is 3.52. The van der Waals surface area contributed by atoms with Crippen LogP contribution in [0.15, 0.2) is 60.9 Å². The predicted molar refractivity (Wildman–Crippen MR) is 79.5 cm³/mol. The molecule has 1 aromatic carbocycles. The van der Waals surface area contributed by atoms with Gasteiger partial charge in [-0.1, -0.05) is 24.3 Å². The van der Waals surface area contributed by atoms with Gasteiger partial charge in [-0.25, -0.2) is 0 Å². The Kier molecular flexibility index (Phi) is 3.47. The van der Waals surface area contributed by atoms with Crippen LogP contribution in [0, 0.1) is 0 Å². The summed E-state index contributed by atoms with van der Waals surface area (Å²) in [5, 5.41) is 4.13.